The van der Waals surface area contributed by atoms with Crippen LogP contribution in [0.3, 0.4) is 0 Å². The minimum atomic E-state index is 0.742. The Hall–Kier alpha value is -0.780. The molecule has 0 aromatic heterocycles. The van der Waals surface area contributed by atoms with Crippen LogP contribution < -0.4 is 0 Å². The molecule has 0 N–H and O–H groups in total. The largest absolute Gasteiger partial charge is 0.0625 e. The van der Waals surface area contributed by atoms with Crippen LogP contribution in [0.25, 0.3) is 0 Å². The van der Waals surface area contributed by atoms with Gasteiger partial charge in [-0.25, -0.2) is 0 Å². The number of rotatable bonds is 6. The van der Waals surface area contributed by atoms with Gasteiger partial charge < -0.3 is 0 Å². The second-order valence-corrected chi connectivity index (χ2v) is 6.95. The fraction of sp³-hybridized carbons (Fsp3) is 0.667. The predicted octanol–water partition coefficient (Wildman–Crippen LogP) is 5.28. The van der Waals surface area contributed by atoms with E-state index in [-0.39, 0.29) is 0 Å². The monoisotopic (exact) mass is 246 g/mol. The van der Waals surface area contributed by atoms with Crippen LogP contribution in [-0.4, -0.2) is 0 Å². The summed E-state index contributed by atoms with van der Waals surface area (Å²) in [4.78, 5) is 0. The van der Waals surface area contributed by atoms with Crippen LogP contribution >= 0.6 is 0 Å². The SMILES string of the molecule is CC(C)Cc1cc(CC(C)C)cc(CC(C)C)c1. The summed E-state index contributed by atoms with van der Waals surface area (Å²) in [6.07, 6.45) is 3.62. The summed E-state index contributed by atoms with van der Waals surface area (Å²) in [6, 6.07) is 7.26. The van der Waals surface area contributed by atoms with Crippen LogP contribution in [0.2, 0.25) is 0 Å². The van der Waals surface area contributed by atoms with Gasteiger partial charge in [0.25, 0.3) is 0 Å². The lowest BCUT2D eigenvalue weighted by Gasteiger charge is -2.14. The van der Waals surface area contributed by atoms with Gasteiger partial charge in [-0.15, -0.1) is 0 Å². The summed E-state index contributed by atoms with van der Waals surface area (Å²) < 4.78 is 0. The molecule has 0 saturated heterocycles. The van der Waals surface area contributed by atoms with Gasteiger partial charge in [-0.05, 0) is 53.7 Å². The third-order valence-corrected chi connectivity index (χ3v) is 3.04. The first-order valence-electron chi connectivity index (χ1n) is 7.48. The smallest absolute Gasteiger partial charge is 0.0255 e. The van der Waals surface area contributed by atoms with E-state index in [1.54, 1.807) is 0 Å². The molecule has 0 aliphatic heterocycles. The molecule has 0 heterocycles. The van der Waals surface area contributed by atoms with Gasteiger partial charge in [0.1, 0.15) is 0 Å². The Kier molecular flexibility index (Phi) is 5.91. The maximum Gasteiger partial charge on any atom is -0.0255 e. The maximum absolute atomic E-state index is 2.42. The molecule has 18 heavy (non-hydrogen) atoms. The summed E-state index contributed by atoms with van der Waals surface area (Å²) in [6.45, 7) is 13.8. The van der Waals surface area contributed by atoms with Crippen molar-refractivity contribution in [1.82, 2.24) is 0 Å². The molecule has 0 unspecified atom stereocenters. The van der Waals surface area contributed by atoms with Crippen molar-refractivity contribution in [2.24, 2.45) is 17.8 Å². The van der Waals surface area contributed by atoms with Crippen LogP contribution in [0.15, 0.2) is 18.2 Å². The molecular weight excluding hydrogens is 216 g/mol. The van der Waals surface area contributed by atoms with Crippen LogP contribution in [0.5, 0.6) is 0 Å². The van der Waals surface area contributed by atoms with Crippen LogP contribution in [0.1, 0.15) is 58.2 Å². The lowest BCUT2D eigenvalue weighted by molar-refractivity contribution is 0.625. The van der Waals surface area contributed by atoms with Gasteiger partial charge in [-0.2, -0.15) is 0 Å². The third kappa shape index (κ3) is 5.71. The van der Waals surface area contributed by atoms with E-state index in [0.29, 0.717) is 0 Å². The molecule has 0 atom stereocenters. The summed E-state index contributed by atoms with van der Waals surface area (Å²) in [5.74, 6) is 2.23. The quantitative estimate of drug-likeness (QED) is 0.640. The second kappa shape index (κ2) is 6.97. The third-order valence-electron chi connectivity index (χ3n) is 3.04. The molecule has 1 rings (SSSR count). The highest BCUT2D eigenvalue weighted by atomic mass is 14.1. The Labute approximate surface area is 114 Å². The highest BCUT2D eigenvalue weighted by molar-refractivity contribution is 5.31. The van der Waals surface area contributed by atoms with Crippen molar-refractivity contribution < 1.29 is 0 Å². The van der Waals surface area contributed by atoms with E-state index in [1.165, 1.54) is 36.0 Å². The van der Waals surface area contributed by atoms with E-state index in [1.807, 2.05) is 0 Å². The first kappa shape index (κ1) is 15.3. The average Bonchev–Trinajstić information content (AvgIpc) is 2.12. The first-order chi connectivity index (χ1) is 8.36. The van der Waals surface area contributed by atoms with Crippen molar-refractivity contribution in [2.45, 2.75) is 60.8 Å². The normalized spacial score (nSPS) is 11.8. The summed E-state index contributed by atoms with van der Waals surface area (Å²) in [5, 5.41) is 0. The highest BCUT2D eigenvalue weighted by Crippen LogP contribution is 2.19. The highest BCUT2D eigenvalue weighted by Gasteiger charge is 2.06. The van der Waals surface area contributed by atoms with Crippen molar-refractivity contribution in [3.05, 3.63) is 34.9 Å². The van der Waals surface area contributed by atoms with E-state index < -0.39 is 0 Å². The van der Waals surface area contributed by atoms with Crippen molar-refractivity contribution in [3.63, 3.8) is 0 Å². The van der Waals surface area contributed by atoms with E-state index in [0.717, 1.165) is 17.8 Å². The number of benzene rings is 1. The Morgan fingerprint density at radius 3 is 0.944 bits per heavy atom. The molecule has 1 aromatic carbocycles. The summed E-state index contributed by atoms with van der Waals surface area (Å²) in [5.41, 5.74) is 4.58. The van der Waals surface area contributed by atoms with Crippen molar-refractivity contribution in [3.8, 4) is 0 Å². The fourth-order valence-corrected chi connectivity index (χ4v) is 2.61. The molecule has 0 radical (unpaired) electrons. The van der Waals surface area contributed by atoms with E-state index >= 15 is 0 Å². The van der Waals surface area contributed by atoms with Gasteiger partial charge >= 0.3 is 0 Å². The van der Waals surface area contributed by atoms with Gasteiger partial charge in [-0.3, -0.25) is 0 Å². The molecule has 0 spiro atoms. The topological polar surface area (TPSA) is 0 Å². The molecule has 102 valence electrons. The Bertz CT molecular complexity index is 289. The first-order valence-corrected chi connectivity index (χ1v) is 7.48. The minimum Gasteiger partial charge on any atom is -0.0625 e. The van der Waals surface area contributed by atoms with Crippen LogP contribution in [-0.2, 0) is 19.3 Å². The van der Waals surface area contributed by atoms with Gasteiger partial charge in [0, 0.05) is 0 Å². The van der Waals surface area contributed by atoms with E-state index in [2.05, 4.69) is 59.7 Å². The van der Waals surface area contributed by atoms with Crippen molar-refractivity contribution in [1.29, 1.82) is 0 Å². The van der Waals surface area contributed by atoms with Gasteiger partial charge in [-0.1, -0.05) is 59.7 Å². The zero-order valence-electron chi connectivity index (χ0n) is 13.1. The summed E-state index contributed by atoms with van der Waals surface area (Å²) in [7, 11) is 0. The van der Waals surface area contributed by atoms with E-state index in [9.17, 15) is 0 Å². The molecule has 0 fully saturated rings. The van der Waals surface area contributed by atoms with Gasteiger partial charge in [0.15, 0.2) is 0 Å². The van der Waals surface area contributed by atoms with Gasteiger partial charge in [0.2, 0.25) is 0 Å². The average molecular weight is 246 g/mol. The Morgan fingerprint density at radius 2 is 0.778 bits per heavy atom. The Morgan fingerprint density at radius 1 is 0.556 bits per heavy atom. The molecule has 0 saturated carbocycles. The number of hydrogen-bond donors (Lipinski definition) is 0. The predicted molar refractivity (Wildman–Crippen MR) is 82.1 cm³/mol. The van der Waals surface area contributed by atoms with E-state index in [4.69, 9.17) is 0 Å². The Balaban J connectivity index is 2.95. The molecule has 1 aromatic rings. The summed E-state index contributed by atoms with van der Waals surface area (Å²) >= 11 is 0. The molecule has 0 aliphatic rings. The molecule has 0 bridgehead atoms. The standard InChI is InChI=1S/C18H30/c1-13(2)7-16-10-17(8-14(3)4)12-18(11-16)9-15(5)6/h10-15H,7-9H2,1-6H3. The molecule has 0 nitrogen and oxygen atoms in total. The maximum atomic E-state index is 2.42. The lowest BCUT2D eigenvalue weighted by atomic mass is 9.92. The molecule has 0 aliphatic carbocycles. The second-order valence-electron chi connectivity index (χ2n) is 6.95. The molecule has 0 amide bonds. The van der Waals surface area contributed by atoms with Crippen LogP contribution in [0.4, 0.5) is 0 Å². The zero-order chi connectivity index (χ0) is 13.7. The fourth-order valence-electron chi connectivity index (χ4n) is 2.61. The van der Waals surface area contributed by atoms with Gasteiger partial charge in [0.05, 0.1) is 0 Å². The molecular formula is C18H30. The van der Waals surface area contributed by atoms with Crippen molar-refractivity contribution in [2.75, 3.05) is 0 Å². The van der Waals surface area contributed by atoms with Crippen LogP contribution in [0, 0.1) is 17.8 Å². The zero-order valence-corrected chi connectivity index (χ0v) is 13.1. The minimum absolute atomic E-state index is 0.742. The number of hydrogen-bond acceptors (Lipinski definition) is 0. The lowest BCUT2D eigenvalue weighted by Crippen LogP contribution is -2.02. The molecule has 0 heteroatoms. The van der Waals surface area contributed by atoms with Crippen molar-refractivity contribution >= 4 is 0 Å².